The Labute approximate surface area is 65.9 Å². The molecule has 4 nitrogen and oxygen atoms in total. The van der Waals surface area contributed by atoms with Crippen molar-refractivity contribution in [3.63, 3.8) is 0 Å². The largest absolute Gasteiger partial charge is 0.342 e. The number of likely N-dealkylation sites (N-methyl/N-ethyl adjacent to an activating group) is 1. The zero-order valence-corrected chi connectivity index (χ0v) is 6.68. The van der Waals surface area contributed by atoms with Crippen molar-refractivity contribution in [2.24, 2.45) is 0 Å². The molecule has 2 saturated heterocycles. The molecule has 0 aromatic heterocycles. The van der Waals surface area contributed by atoms with E-state index in [0.29, 0.717) is 6.67 Å². The first-order chi connectivity index (χ1) is 5.27. The smallest absolute Gasteiger partial charge is 0.244 e. The van der Waals surface area contributed by atoms with Gasteiger partial charge in [0, 0.05) is 13.1 Å². The Bertz CT molecular complexity index is 186. The highest BCUT2D eigenvalue weighted by Crippen LogP contribution is 2.22. The van der Waals surface area contributed by atoms with Gasteiger partial charge in [0.25, 0.3) is 0 Å². The molecule has 0 aromatic rings. The number of hydrogen-bond donors (Lipinski definition) is 2. The average molecular weight is 155 g/mol. The molecule has 2 N–H and O–H groups in total. The van der Waals surface area contributed by atoms with E-state index >= 15 is 0 Å². The maximum atomic E-state index is 11.2. The molecule has 2 heterocycles. The Morgan fingerprint density at radius 1 is 1.64 bits per heavy atom. The number of nitrogens with one attached hydrogen (secondary N) is 2. The summed E-state index contributed by atoms with van der Waals surface area (Å²) < 4.78 is 0. The summed E-state index contributed by atoms with van der Waals surface area (Å²) in [7, 11) is 0. The molecular formula is C7H13N3O. The van der Waals surface area contributed by atoms with Gasteiger partial charge in [0.15, 0.2) is 0 Å². The van der Waals surface area contributed by atoms with Crippen LogP contribution in [0.3, 0.4) is 0 Å². The standard InChI is InChI=1S/C7H13N3O/c1-2-10-3-7(4-10)6(11)8-5-9-7/h9H,2-5H2,1H3,(H,8,11). The van der Waals surface area contributed by atoms with E-state index in [0.717, 1.165) is 19.6 Å². The fraction of sp³-hybridized carbons (Fsp3) is 0.857. The minimum Gasteiger partial charge on any atom is -0.342 e. The summed E-state index contributed by atoms with van der Waals surface area (Å²) in [5.41, 5.74) is -0.226. The van der Waals surface area contributed by atoms with Gasteiger partial charge in [-0.1, -0.05) is 6.92 Å². The van der Waals surface area contributed by atoms with E-state index in [4.69, 9.17) is 0 Å². The van der Waals surface area contributed by atoms with Crippen molar-refractivity contribution >= 4 is 5.91 Å². The molecule has 0 unspecified atom stereocenters. The molecule has 0 aromatic carbocycles. The molecule has 4 heteroatoms. The fourth-order valence-electron chi connectivity index (χ4n) is 1.74. The minimum atomic E-state index is -0.226. The monoisotopic (exact) mass is 155 g/mol. The summed E-state index contributed by atoms with van der Waals surface area (Å²) in [5.74, 6) is 0.169. The van der Waals surface area contributed by atoms with E-state index < -0.39 is 0 Å². The van der Waals surface area contributed by atoms with Gasteiger partial charge in [-0.15, -0.1) is 0 Å². The summed E-state index contributed by atoms with van der Waals surface area (Å²) in [5, 5.41) is 5.96. The second-order valence-corrected chi connectivity index (χ2v) is 3.24. The van der Waals surface area contributed by atoms with E-state index in [1.54, 1.807) is 0 Å². The normalized spacial score (nSPS) is 28.6. The summed E-state index contributed by atoms with van der Waals surface area (Å²) in [6, 6.07) is 0. The lowest BCUT2D eigenvalue weighted by Crippen LogP contribution is -2.70. The first-order valence-electron chi connectivity index (χ1n) is 4.02. The summed E-state index contributed by atoms with van der Waals surface area (Å²) >= 11 is 0. The fourth-order valence-corrected chi connectivity index (χ4v) is 1.74. The zero-order valence-electron chi connectivity index (χ0n) is 6.68. The number of amides is 1. The SMILES string of the molecule is CCN1CC2(C1)NCNC2=O. The minimum absolute atomic E-state index is 0.169. The predicted octanol–water partition coefficient (Wildman–Crippen LogP) is -1.26. The van der Waals surface area contributed by atoms with Crippen LogP contribution in [-0.4, -0.2) is 42.6 Å². The van der Waals surface area contributed by atoms with Crippen molar-refractivity contribution in [1.82, 2.24) is 15.5 Å². The van der Waals surface area contributed by atoms with E-state index in [2.05, 4.69) is 22.5 Å². The lowest BCUT2D eigenvalue weighted by Gasteiger charge is -2.45. The second kappa shape index (κ2) is 2.19. The maximum Gasteiger partial charge on any atom is 0.244 e. The van der Waals surface area contributed by atoms with E-state index in [1.807, 2.05) is 0 Å². The first-order valence-corrected chi connectivity index (χ1v) is 4.02. The van der Waals surface area contributed by atoms with Gasteiger partial charge in [-0.25, -0.2) is 0 Å². The van der Waals surface area contributed by atoms with Crippen LogP contribution in [0, 0.1) is 0 Å². The van der Waals surface area contributed by atoms with Crippen LogP contribution in [0.25, 0.3) is 0 Å². The van der Waals surface area contributed by atoms with Crippen molar-refractivity contribution in [2.45, 2.75) is 12.5 Å². The molecule has 2 fully saturated rings. The Morgan fingerprint density at radius 3 is 2.82 bits per heavy atom. The van der Waals surface area contributed by atoms with E-state index in [1.165, 1.54) is 0 Å². The van der Waals surface area contributed by atoms with Crippen molar-refractivity contribution in [2.75, 3.05) is 26.3 Å². The Balaban J connectivity index is 2.00. The van der Waals surface area contributed by atoms with Crippen molar-refractivity contribution < 1.29 is 4.79 Å². The number of carbonyl (C=O) groups is 1. The van der Waals surface area contributed by atoms with E-state index in [9.17, 15) is 4.79 Å². The van der Waals surface area contributed by atoms with E-state index in [-0.39, 0.29) is 11.4 Å². The van der Waals surface area contributed by atoms with Gasteiger partial charge >= 0.3 is 0 Å². The van der Waals surface area contributed by atoms with Crippen molar-refractivity contribution in [3.05, 3.63) is 0 Å². The van der Waals surface area contributed by atoms with Crippen LogP contribution in [0.15, 0.2) is 0 Å². The quantitative estimate of drug-likeness (QED) is 0.496. The highest BCUT2D eigenvalue weighted by molar-refractivity contribution is 5.89. The molecule has 2 rings (SSSR count). The van der Waals surface area contributed by atoms with Gasteiger partial charge in [0.2, 0.25) is 5.91 Å². The van der Waals surface area contributed by atoms with Crippen LogP contribution in [0.4, 0.5) is 0 Å². The molecule has 0 radical (unpaired) electrons. The molecule has 2 aliphatic heterocycles. The van der Waals surface area contributed by atoms with Crippen LogP contribution >= 0.6 is 0 Å². The zero-order chi connectivity index (χ0) is 7.90. The third-order valence-corrected chi connectivity index (χ3v) is 2.54. The van der Waals surface area contributed by atoms with Crippen LogP contribution in [0.5, 0.6) is 0 Å². The Hall–Kier alpha value is -0.610. The summed E-state index contributed by atoms with van der Waals surface area (Å²) in [4.78, 5) is 13.5. The number of rotatable bonds is 1. The average Bonchev–Trinajstić information content (AvgIpc) is 2.27. The van der Waals surface area contributed by atoms with Gasteiger partial charge in [0.1, 0.15) is 5.54 Å². The lowest BCUT2D eigenvalue weighted by molar-refractivity contribution is -0.129. The lowest BCUT2D eigenvalue weighted by atomic mass is 9.90. The van der Waals surface area contributed by atoms with Crippen molar-refractivity contribution in [1.29, 1.82) is 0 Å². The second-order valence-electron chi connectivity index (χ2n) is 3.24. The van der Waals surface area contributed by atoms with Gasteiger partial charge in [-0.2, -0.15) is 0 Å². The molecule has 0 bridgehead atoms. The molecular weight excluding hydrogens is 142 g/mol. The topological polar surface area (TPSA) is 44.4 Å². The summed E-state index contributed by atoms with van der Waals surface area (Å²) in [6.07, 6.45) is 0. The molecule has 0 saturated carbocycles. The highest BCUT2D eigenvalue weighted by Gasteiger charge is 2.50. The predicted molar refractivity (Wildman–Crippen MR) is 41.0 cm³/mol. The number of nitrogens with zero attached hydrogens (tertiary/aromatic N) is 1. The Kier molecular flexibility index (Phi) is 1.40. The summed E-state index contributed by atoms with van der Waals surface area (Å²) in [6.45, 7) is 5.53. The van der Waals surface area contributed by atoms with Crippen LogP contribution in [0.2, 0.25) is 0 Å². The van der Waals surface area contributed by atoms with Gasteiger partial charge < -0.3 is 5.32 Å². The molecule has 11 heavy (non-hydrogen) atoms. The number of hydrogen-bond acceptors (Lipinski definition) is 3. The molecule has 0 atom stereocenters. The molecule has 1 amide bonds. The third kappa shape index (κ3) is 0.862. The van der Waals surface area contributed by atoms with Gasteiger partial charge in [-0.3, -0.25) is 15.0 Å². The molecule has 1 spiro atoms. The highest BCUT2D eigenvalue weighted by atomic mass is 16.2. The number of likely N-dealkylation sites (tertiary alicyclic amines) is 1. The molecule has 62 valence electrons. The van der Waals surface area contributed by atoms with Gasteiger partial charge in [-0.05, 0) is 6.54 Å². The maximum absolute atomic E-state index is 11.2. The third-order valence-electron chi connectivity index (χ3n) is 2.54. The molecule has 0 aliphatic carbocycles. The first kappa shape index (κ1) is 7.06. The van der Waals surface area contributed by atoms with Crippen LogP contribution in [0.1, 0.15) is 6.92 Å². The Morgan fingerprint density at radius 2 is 2.36 bits per heavy atom. The van der Waals surface area contributed by atoms with Crippen molar-refractivity contribution in [3.8, 4) is 0 Å². The van der Waals surface area contributed by atoms with Gasteiger partial charge in [0.05, 0.1) is 6.67 Å². The van der Waals surface area contributed by atoms with Crippen LogP contribution < -0.4 is 10.6 Å². The van der Waals surface area contributed by atoms with Crippen LogP contribution in [-0.2, 0) is 4.79 Å². The molecule has 2 aliphatic rings. The number of carbonyl (C=O) groups excluding carboxylic acids is 1.